The van der Waals surface area contributed by atoms with Crippen molar-refractivity contribution in [2.75, 3.05) is 11.1 Å². The second kappa shape index (κ2) is 4.74. The van der Waals surface area contributed by atoms with Crippen molar-refractivity contribution in [2.24, 2.45) is 0 Å². The summed E-state index contributed by atoms with van der Waals surface area (Å²) in [7, 11) is 0. The van der Waals surface area contributed by atoms with Crippen LogP contribution in [-0.4, -0.2) is 5.91 Å². The largest absolute Gasteiger partial charge is 0.463 e. The van der Waals surface area contributed by atoms with Gasteiger partial charge in [0.25, 0.3) is 5.91 Å². The number of nitrogen functional groups attached to an aromatic ring is 1. The number of nitrogens with one attached hydrogen (secondary N) is 1. The van der Waals surface area contributed by atoms with Gasteiger partial charge < -0.3 is 15.5 Å². The molecule has 0 spiro atoms. The Labute approximate surface area is 116 Å². The highest BCUT2D eigenvalue weighted by Crippen LogP contribution is 2.24. The normalized spacial score (nSPS) is 10.7. The van der Waals surface area contributed by atoms with Crippen molar-refractivity contribution in [1.29, 1.82) is 0 Å². The first kappa shape index (κ1) is 12.3. The minimum atomic E-state index is -0.229. The standard InChI is InChI=1S/C16H14N2O2/c1-10-6-7-13(17)14(8-10)18-16(19)12-9-20-15-5-3-2-4-11(12)15/h2-9H,17H2,1H3,(H,18,19). The molecular weight excluding hydrogens is 252 g/mol. The van der Waals surface area contributed by atoms with Gasteiger partial charge in [0.15, 0.2) is 0 Å². The highest BCUT2D eigenvalue weighted by Gasteiger charge is 2.14. The fourth-order valence-corrected chi connectivity index (χ4v) is 2.12. The van der Waals surface area contributed by atoms with E-state index in [0.29, 0.717) is 22.5 Å². The van der Waals surface area contributed by atoms with E-state index in [0.717, 1.165) is 10.9 Å². The summed E-state index contributed by atoms with van der Waals surface area (Å²) in [6.07, 6.45) is 1.46. The fourth-order valence-electron chi connectivity index (χ4n) is 2.12. The Morgan fingerprint density at radius 2 is 2.00 bits per heavy atom. The van der Waals surface area contributed by atoms with Crippen LogP contribution in [0.1, 0.15) is 15.9 Å². The summed E-state index contributed by atoms with van der Waals surface area (Å²) < 4.78 is 5.37. The van der Waals surface area contributed by atoms with Gasteiger partial charge in [0.05, 0.1) is 16.9 Å². The number of carbonyl (C=O) groups excluding carboxylic acids is 1. The molecule has 0 aliphatic heterocycles. The van der Waals surface area contributed by atoms with Crippen molar-refractivity contribution in [1.82, 2.24) is 0 Å². The van der Waals surface area contributed by atoms with E-state index in [4.69, 9.17) is 10.2 Å². The number of anilines is 2. The quantitative estimate of drug-likeness (QED) is 0.697. The van der Waals surface area contributed by atoms with Gasteiger partial charge in [-0.15, -0.1) is 0 Å². The van der Waals surface area contributed by atoms with Crippen LogP contribution in [-0.2, 0) is 0 Å². The first-order valence-corrected chi connectivity index (χ1v) is 6.29. The molecule has 3 N–H and O–H groups in total. The van der Waals surface area contributed by atoms with E-state index < -0.39 is 0 Å². The Morgan fingerprint density at radius 3 is 2.85 bits per heavy atom. The fraction of sp³-hybridized carbons (Fsp3) is 0.0625. The summed E-state index contributed by atoms with van der Waals surface area (Å²) in [5.74, 6) is -0.229. The van der Waals surface area contributed by atoms with Crippen LogP contribution in [0.3, 0.4) is 0 Å². The molecule has 0 saturated carbocycles. The molecule has 4 nitrogen and oxygen atoms in total. The highest BCUT2D eigenvalue weighted by molar-refractivity contribution is 6.13. The lowest BCUT2D eigenvalue weighted by Crippen LogP contribution is -2.12. The molecule has 20 heavy (non-hydrogen) atoms. The molecule has 0 aliphatic rings. The Balaban J connectivity index is 1.95. The van der Waals surface area contributed by atoms with Crippen molar-refractivity contribution in [3.63, 3.8) is 0 Å². The molecule has 3 aromatic rings. The molecule has 4 heteroatoms. The third kappa shape index (κ3) is 2.12. The van der Waals surface area contributed by atoms with Gasteiger partial charge in [-0.3, -0.25) is 4.79 Å². The van der Waals surface area contributed by atoms with Crippen molar-refractivity contribution < 1.29 is 9.21 Å². The first-order valence-electron chi connectivity index (χ1n) is 6.29. The third-order valence-electron chi connectivity index (χ3n) is 3.18. The predicted octanol–water partition coefficient (Wildman–Crippen LogP) is 3.58. The SMILES string of the molecule is Cc1ccc(N)c(NC(=O)c2coc3ccccc23)c1. The van der Waals surface area contributed by atoms with Crippen molar-refractivity contribution in [3.05, 3.63) is 59.9 Å². The zero-order chi connectivity index (χ0) is 14.1. The van der Waals surface area contributed by atoms with Crippen LogP contribution in [0, 0.1) is 6.92 Å². The van der Waals surface area contributed by atoms with E-state index in [1.807, 2.05) is 43.3 Å². The Hall–Kier alpha value is -2.75. The average molecular weight is 266 g/mol. The van der Waals surface area contributed by atoms with Crippen LogP contribution < -0.4 is 11.1 Å². The molecule has 0 fully saturated rings. The van der Waals surface area contributed by atoms with Crippen LogP contribution in [0.4, 0.5) is 11.4 Å². The lowest BCUT2D eigenvalue weighted by atomic mass is 10.1. The number of aryl methyl sites for hydroxylation is 1. The molecule has 100 valence electrons. The van der Waals surface area contributed by atoms with Gasteiger partial charge >= 0.3 is 0 Å². The van der Waals surface area contributed by atoms with Gasteiger partial charge in [-0.2, -0.15) is 0 Å². The van der Waals surface area contributed by atoms with E-state index >= 15 is 0 Å². The van der Waals surface area contributed by atoms with Crippen LogP contribution in [0.25, 0.3) is 11.0 Å². The van der Waals surface area contributed by atoms with Crippen LogP contribution in [0.5, 0.6) is 0 Å². The summed E-state index contributed by atoms with van der Waals surface area (Å²) in [5.41, 5.74) is 9.24. The second-order valence-corrected chi connectivity index (χ2v) is 4.69. The molecule has 3 rings (SSSR count). The zero-order valence-electron chi connectivity index (χ0n) is 11.0. The van der Waals surface area contributed by atoms with Gasteiger partial charge in [-0.05, 0) is 30.7 Å². The first-order chi connectivity index (χ1) is 9.65. The molecule has 0 atom stereocenters. The molecule has 1 heterocycles. The highest BCUT2D eigenvalue weighted by atomic mass is 16.3. The molecule has 0 saturated heterocycles. The summed E-state index contributed by atoms with van der Waals surface area (Å²) in [6.45, 7) is 1.95. The lowest BCUT2D eigenvalue weighted by molar-refractivity contribution is 0.102. The van der Waals surface area contributed by atoms with Crippen molar-refractivity contribution >= 4 is 28.3 Å². The molecule has 2 aromatic carbocycles. The van der Waals surface area contributed by atoms with E-state index in [9.17, 15) is 4.79 Å². The number of amides is 1. The number of fused-ring (bicyclic) bond motifs is 1. The summed E-state index contributed by atoms with van der Waals surface area (Å²) in [4.78, 5) is 12.3. The number of para-hydroxylation sites is 1. The maximum Gasteiger partial charge on any atom is 0.259 e. The van der Waals surface area contributed by atoms with E-state index in [1.165, 1.54) is 6.26 Å². The predicted molar refractivity (Wildman–Crippen MR) is 79.8 cm³/mol. The van der Waals surface area contributed by atoms with E-state index in [1.54, 1.807) is 6.07 Å². The van der Waals surface area contributed by atoms with Gasteiger partial charge in [0.1, 0.15) is 11.8 Å². The van der Waals surface area contributed by atoms with Crippen molar-refractivity contribution in [2.45, 2.75) is 6.92 Å². The number of hydrogen-bond acceptors (Lipinski definition) is 3. The monoisotopic (exact) mass is 266 g/mol. The van der Waals surface area contributed by atoms with Gasteiger partial charge in [-0.25, -0.2) is 0 Å². The topological polar surface area (TPSA) is 68.3 Å². The summed E-state index contributed by atoms with van der Waals surface area (Å²) in [6, 6.07) is 12.9. The zero-order valence-corrected chi connectivity index (χ0v) is 11.0. The molecule has 1 aromatic heterocycles. The minimum Gasteiger partial charge on any atom is -0.463 e. The number of hydrogen-bond donors (Lipinski definition) is 2. The Bertz CT molecular complexity index is 790. The number of benzene rings is 2. The number of furan rings is 1. The van der Waals surface area contributed by atoms with E-state index in [2.05, 4.69) is 5.32 Å². The molecule has 0 radical (unpaired) electrons. The van der Waals surface area contributed by atoms with Crippen LogP contribution in [0.2, 0.25) is 0 Å². The smallest absolute Gasteiger partial charge is 0.259 e. The minimum absolute atomic E-state index is 0.229. The number of carbonyl (C=O) groups is 1. The van der Waals surface area contributed by atoms with E-state index in [-0.39, 0.29) is 5.91 Å². The molecular formula is C16H14N2O2. The van der Waals surface area contributed by atoms with Crippen molar-refractivity contribution in [3.8, 4) is 0 Å². The third-order valence-corrected chi connectivity index (χ3v) is 3.18. The maximum atomic E-state index is 12.3. The molecule has 0 bridgehead atoms. The van der Waals surface area contributed by atoms with Gasteiger partial charge in [-0.1, -0.05) is 24.3 Å². The maximum absolute atomic E-state index is 12.3. The van der Waals surface area contributed by atoms with Crippen LogP contribution >= 0.6 is 0 Å². The summed E-state index contributed by atoms with van der Waals surface area (Å²) in [5, 5.41) is 3.61. The van der Waals surface area contributed by atoms with Crippen LogP contribution in [0.15, 0.2) is 53.1 Å². The Morgan fingerprint density at radius 1 is 1.20 bits per heavy atom. The summed E-state index contributed by atoms with van der Waals surface area (Å²) >= 11 is 0. The van der Waals surface area contributed by atoms with Gasteiger partial charge in [0.2, 0.25) is 0 Å². The average Bonchev–Trinajstić information content (AvgIpc) is 2.87. The number of rotatable bonds is 2. The number of nitrogens with two attached hydrogens (primary N) is 1. The molecule has 0 unspecified atom stereocenters. The Kier molecular flexibility index (Phi) is 2.91. The molecule has 1 amide bonds. The molecule has 0 aliphatic carbocycles. The van der Waals surface area contributed by atoms with Gasteiger partial charge in [0, 0.05) is 5.39 Å². The lowest BCUT2D eigenvalue weighted by Gasteiger charge is -2.08. The second-order valence-electron chi connectivity index (χ2n) is 4.69.